The number of hydrogen-bond acceptors (Lipinski definition) is 4. The van der Waals surface area contributed by atoms with Crippen LogP contribution in [0, 0.1) is 6.92 Å². The predicted molar refractivity (Wildman–Crippen MR) is 108 cm³/mol. The summed E-state index contributed by atoms with van der Waals surface area (Å²) in [5, 5.41) is 5.45. The number of carbonyl (C=O) groups is 4. The zero-order valence-corrected chi connectivity index (χ0v) is 16.6. The van der Waals surface area contributed by atoms with E-state index in [4.69, 9.17) is 0 Å². The summed E-state index contributed by atoms with van der Waals surface area (Å²) in [6.07, 6.45) is 0. The fraction of sp³-hybridized carbons (Fsp3) is 0.273. The van der Waals surface area contributed by atoms with E-state index in [2.05, 4.69) is 10.6 Å². The highest BCUT2D eigenvalue weighted by Gasteiger charge is 2.37. The number of nitrogens with zero attached hydrogens (tertiary/aromatic N) is 1. The molecule has 150 valence electrons. The van der Waals surface area contributed by atoms with Crippen molar-refractivity contribution in [3.63, 3.8) is 0 Å². The van der Waals surface area contributed by atoms with Gasteiger partial charge in [-0.3, -0.25) is 24.1 Å². The first-order chi connectivity index (χ1) is 13.8. The number of amides is 4. The third kappa shape index (κ3) is 4.18. The highest BCUT2D eigenvalue weighted by atomic mass is 16.2. The Labute approximate surface area is 169 Å². The Kier molecular flexibility index (Phi) is 5.77. The van der Waals surface area contributed by atoms with E-state index >= 15 is 0 Å². The molecule has 0 bridgehead atoms. The molecule has 1 heterocycles. The summed E-state index contributed by atoms with van der Waals surface area (Å²) in [4.78, 5) is 50.4. The molecule has 0 aliphatic carbocycles. The molecule has 0 unspecified atom stereocenters. The lowest BCUT2D eigenvalue weighted by molar-refractivity contribution is 0.0608. The van der Waals surface area contributed by atoms with Gasteiger partial charge in [-0.05, 0) is 51.1 Å². The fourth-order valence-corrected chi connectivity index (χ4v) is 3.21. The average Bonchev–Trinajstić information content (AvgIpc) is 2.95. The van der Waals surface area contributed by atoms with Gasteiger partial charge in [-0.1, -0.05) is 17.7 Å². The maximum atomic E-state index is 12.4. The Morgan fingerprint density at radius 1 is 0.862 bits per heavy atom. The second kappa shape index (κ2) is 8.26. The maximum absolute atomic E-state index is 12.4. The van der Waals surface area contributed by atoms with E-state index in [0.29, 0.717) is 16.7 Å². The normalized spacial score (nSPS) is 12.9. The van der Waals surface area contributed by atoms with E-state index in [1.165, 1.54) is 23.1 Å². The van der Waals surface area contributed by atoms with Crippen molar-refractivity contribution in [2.45, 2.75) is 26.8 Å². The molecule has 0 fully saturated rings. The molecule has 0 aromatic heterocycles. The molecule has 3 rings (SSSR count). The molecule has 7 heteroatoms. The number of nitrogens with one attached hydrogen (secondary N) is 2. The minimum absolute atomic E-state index is 0.210. The van der Waals surface area contributed by atoms with Crippen LogP contribution < -0.4 is 10.6 Å². The van der Waals surface area contributed by atoms with Gasteiger partial charge in [-0.2, -0.15) is 0 Å². The molecule has 0 radical (unpaired) electrons. The van der Waals surface area contributed by atoms with Gasteiger partial charge >= 0.3 is 0 Å². The molecular formula is C22H23N3O4. The zero-order chi connectivity index (χ0) is 21.1. The van der Waals surface area contributed by atoms with Crippen molar-refractivity contribution in [2.24, 2.45) is 0 Å². The summed E-state index contributed by atoms with van der Waals surface area (Å²) in [6.45, 7) is 5.94. The summed E-state index contributed by atoms with van der Waals surface area (Å²) in [6, 6.07) is 11.5. The van der Waals surface area contributed by atoms with Gasteiger partial charge in [0.05, 0.1) is 11.1 Å². The highest BCUT2D eigenvalue weighted by molar-refractivity contribution is 6.22. The monoisotopic (exact) mass is 393 g/mol. The van der Waals surface area contributed by atoms with Crippen molar-refractivity contribution in [1.82, 2.24) is 15.5 Å². The number of carbonyl (C=O) groups excluding carboxylic acids is 4. The van der Waals surface area contributed by atoms with E-state index in [9.17, 15) is 19.2 Å². The van der Waals surface area contributed by atoms with E-state index in [1.807, 2.05) is 19.1 Å². The molecule has 7 nitrogen and oxygen atoms in total. The minimum Gasteiger partial charge on any atom is -0.350 e. The van der Waals surface area contributed by atoms with E-state index in [1.54, 1.807) is 26.0 Å². The lowest BCUT2D eigenvalue weighted by Crippen LogP contribution is -2.36. The van der Waals surface area contributed by atoms with Gasteiger partial charge in [-0.25, -0.2) is 0 Å². The van der Waals surface area contributed by atoms with Gasteiger partial charge in [0.1, 0.15) is 0 Å². The van der Waals surface area contributed by atoms with E-state index in [-0.39, 0.29) is 48.3 Å². The molecule has 0 spiro atoms. The summed E-state index contributed by atoms with van der Waals surface area (Å²) in [5.41, 5.74) is 2.40. The first-order valence-electron chi connectivity index (χ1n) is 9.44. The molecule has 4 amide bonds. The van der Waals surface area contributed by atoms with Gasteiger partial charge in [0, 0.05) is 30.3 Å². The Morgan fingerprint density at radius 2 is 1.45 bits per heavy atom. The highest BCUT2D eigenvalue weighted by Crippen LogP contribution is 2.25. The van der Waals surface area contributed by atoms with Crippen LogP contribution in [0.25, 0.3) is 0 Å². The first-order valence-corrected chi connectivity index (χ1v) is 9.44. The molecule has 0 saturated heterocycles. The number of hydrogen-bond donors (Lipinski definition) is 2. The van der Waals surface area contributed by atoms with Crippen molar-refractivity contribution in [2.75, 3.05) is 13.1 Å². The van der Waals surface area contributed by atoms with Gasteiger partial charge in [0.2, 0.25) is 0 Å². The van der Waals surface area contributed by atoms with Crippen molar-refractivity contribution >= 4 is 23.6 Å². The van der Waals surface area contributed by atoms with Crippen LogP contribution in [0.15, 0.2) is 42.5 Å². The molecule has 29 heavy (non-hydrogen) atoms. The van der Waals surface area contributed by atoms with Crippen LogP contribution in [0.2, 0.25) is 0 Å². The Bertz CT molecular complexity index is 997. The number of fused-ring (bicyclic) bond motifs is 1. The number of aryl methyl sites for hydroxylation is 1. The minimum atomic E-state index is -0.389. The van der Waals surface area contributed by atoms with Gasteiger partial charge < -0.3 is 10.6 Å². The Balaban J connectivity index is 1.57. The molecule has 0 atom stereocenters. The van der Waals surface area contributed by atoms with Crippen LogP contribution in [-0.4, -0.2) is 47.7 Å². The number of benzene rings is 2. The number of imide groups is 1. The molecule has 0 saturated carbocycles. The summed E-state index contributed by atoms with van der Waals surface area (Å²) < 4.78 is 0. The summed E-state index contributed by atoms with van der Waals surface area (Å²) >= 11 is 0. The quantitative estimate of drug-likeness (QED) is 0.581. The number of rotatable bonds is 6. The lowest BCUT2D eigenvalue weighted by Gasteiger charge is -2.17. The van der Waals surface area contributed by atoms with E-state index in [0.717, 1.165) is 5.56 Å². The molecule has 2 N–H and O–H groups in total. The third-order valence-electron chi connectivity index (χ3n) is 4.67. The molecular weight excluding hydrogens is 370 g/mol. The summed E-state index contributed by atoms with van der Waals surface area (Å²) in [5.74, 6) is -1.31. The average molecular weight is 393 g/mol. The van der Waals surface area contributed by atoms with Crippen LogP contribution in [0.1, 0.15) is 60.8 Å². The van der Waals surface area contributed by atoms with Crippen molar-refractivity contribution < 1.29 is 19.2 Å². The largest absolute Gasteiger partial charge is 0.350 e. The van der Waals surface area contributed by atoms with Crippen LogP contribution in [0.4, 0.5) is 0 Å². The molecule has 1 aliphatic heterocycles. The van der Waals surface area contributed by atoms with Crippen molar-refractivity contribution in [3.8, 4) is 0 Å². The molecule has 2 aromatic rings. The van der Waals surface area contributed by atoms with Crippen LogP contribution in [-0.2, 0) is 0 Å². The second-order valence-corrected chi connectivity index (χ2v) is 7.22. The van der Waals surface area contributed by atoms with Crippen molar-refractivity contribution in [1.29, 1.82) is 0 Å². The second-order valence-electron chi connectivity index (χ2n) is 7.22. The lowest BCUT2D eigenvalue weighted by atomic mass is 10.1. The van der Waals surface area contributed by atoms with Crippen molar-refractivity contribution in [3.05, 3.63) is 70.3 Å². The van der Waals surface area contributed by atoms with Gasteiger partial charge in [-0.15, -0.1) is 0 Å². The smallest absolute Gasteiger partial charge is 0.261 e. The van der Waals surface area contributed by atoms with Crippen LogP contribution in [0.5, 0.6) is 0 Å². The van der Waals surface area contributed by atoms with Crippen LogP contribution in [0.3, 0.4) is 0 Å². The topological polar surface area (TPSA) is 95.6 Å². The zero-order valence-electron chi connectivity index (χ0n) is 16.6. The Hall–Kier alpha value is -3.48. The predicted octanol–water partition coefficient (Wildman–Crippen LogP) is 2.16. The first kappa shape index (κ1) is 20.3. The van der Waals surface area contributed by atoms with Crippen LogP contribution >= 0.6 is 0 Å². The van der Waals surface area contributed by atoms with Gasteiger partial charge in [0.15, 0.2) is 0 Å². The standard InChI is InChI=1S/C22H23N3O4/c1-13(2)25-21(28)17-8-7-16(12-18(17)22(25)29)20(27)24-10-9-23-19(26)15-6-4-5-14(3)11-15/h4-8,11-13H,9-10H2,1-3H3,(H,23,26)(H,24,27). The Morgan fingerprint density at radius 3 is 2.03 bits per heavy atom. The maximum Gasteiger partial charge on any atom is 0.261 e. The summed E-state index contributed by atoms with van der Waals surface area (Å²) in [7, 11) is 0. The SMILES string of the molecule is Cc1cccc(C(=O)NCCNC(=O)c2ccc3c(c2)C(=O)N(C(C)C)C3=O)c1. The fourth-order valence-electron chi connectivity index (χ4n) is 3.21. The van der Waals surface area contributed by atoms with E-state index < -0.39 is 0 Å². The third-order valence-corrected chi connectivity index (χ3v) is 4.67. The van der Waals surface area contributed by atoms with Gasteiger partial charge in [0.25, 0.3) is 23.6 Å². The molecule has 2 aromatic carbocycles. The molecule has 1 aliphatic rings.